The number of nitrogens with zero attached hydrogens (tertiary/aromatic N) is 3. The van der Waals surface area contributed by atoms with Crippen LogP contribution in [0.2, 0.25) is 0 Å². The van der Waals surface area contributed by atoms with Crippen molar-refractivity contribution in [1.29, 1.82) is 0 Å². The molecule has 3 aromatic carbocycles. The predicted octanol–water partition coefficient (Wildman–Crippen LogP) is 6.20. The van der Waals surface area contributed by atoms with Gasteiger partial charge in [-0.25, -0.2) is 4.99 Å². The smallest absolute Gasteiger partial charge is 0.176 e. The summed E-state index contributed by atoms with van der Waals surface area (Å²) in [4.78, 5) is 9.34. The van der Waals surface area contributed by atoms with Gasteiger partial charge in [0.2, 0.25) is 0 Å². The number of hydrogen-bond donors (Lipinski definition) is 1. The molecule has 168 valence electrons. The highest BCUT2D eigenvalue weighted by atomic mass is 15.5. The zero-order valence-electron chi connectivity index (χ0n) is 19.5. The number of aliphatic imine (C=N–C) groups is 1. The molecule has 0 fully saturated rings. The summed E-state index contributed by atoms with van der Waals surface area (Å²) in [6.07, 6.45) is 8.05. The summed E-state index contributed by atoms with van der Waals surface area (Å²) in [6, 6.07) is 27.7. The molecule has 4 nitrogen and oxygen atoms in total. The van der Waals surface area contributed by atoms with Crippen molar-refractivity contribution < 1.29 is 0 Å². The Kier molecular flexibility index (Phi) is 4.37. The molecule has 0 bridgehead atoms. The number of anilines is 2. The molecule has 0 spiro atoms. The van der Waals surface area contributed by atoms with Crippen molar-refractivity contribution in [3.8, 4) is 11.1 Å². The summed E-state index contributed by atoms with van der Waals surface area (Å²) < 4.78 is 0. The Bertz CT molecular complexity index is 1370. The van der Waals surface area contributed by atoms with E-state index in [0.717, 1.165) is 17.2 Å². The number of fused-ring (bicyclic) bond motifs is 6. The van der Waals surface area contributed by atoms with Crippen molar-refractivity contribution in [2.24, 2.45) is 16.1 Å². The fraction of sp³-hybridized carbons (Fsp3) is 0.167. The van der Waals surface area contributed by atoms with Crippen molar-refractivity contribution in [2.75, 3.05) is 9.80 Å². The molecule has 2 aliphatic heterocycles. The highest BCUT2D eigenvalue weighted by Crippen LogP contribution is 2.64. The number of allylic oxidation sites excluding steroid dienone is 2. The van der Waals surface area contributed by atoms with Crippen LogP contribution in [0, 0.1) is 5.41 Å². The van der Waals surface area contributed by atoms with Gasteiger partial charge in [0.1, 0.15) is 12.0 Å². The van der Waals surface area contributed by atoms with E-state index in [2.05, 4.69) is 109 Å². The van der Waals surface area contributed by atoms with Gasteiger partial charge in [0.05, 0.1) is 0 Å². The molecule has 2 N–H and O–H groups in total. The Morgan fingerprint density at radius 3 is 2.24 bits per heavy atom. The van der Waals surface area contributed by atoms with E-state index in [0.29, 0.717) is 5.82 Å². The summed E-state index contributed by atoms with van der Waals surface area (Å²) >= 11 is 0. The zero-order chi connectivity index (χ0) is 23.5. The third kappa shape index (κ3) is 2.57. The maximum Gasteiger partial charge on any atom is 0.176 e. The molecule has 1 aliphatic carbocycles. The van der Waals surface area contributed by atoms with E-state index < -0.39 is 0 Å². The predicted molar refractivity (Wildman–Crippen MR) is 142 cm³/mol. The van der Waals surface area contributed by atoms with Crippen molar-refractivity contribution in [3.63, 3.8) is 0 Å². The van der Waals surface area contributed by atoms with Gasteiger partial charge in [0, 0.05) is 28.4 Å². The Labute approximate surface area is 201 Å². The second kappa shape index (κ2) is 7.22. The lowest BCUT2D eigenvalue weighted by Gasteiger charge is -2.61. The second-order valence-electron chi connectivity index (χ2n) is 9.59. The van der Waals surface area contributed by atoms with Gasteiger partial charge < -0.3 is 15.5 Å². The normalized spacial score (nSPS) is 26.8. The van der Waals surface area contributed by atoms with Gasteiger partial charge >= 0.3 is 0 Å². The molecule has 2 heterocycles. The topological polar surface area (TPSA) is 44.9 Å². The number of nitrogens with two attached hydrogens (primary N) is 1. The number of rotatable bonds is 4. The summed E-state index contributed by atoms with van der Waals surface area (Å²) in [7, 11) is 0. The lowest BCUT2D eigenvalue weighted by atomic mass is 9.50. The minimum absolute atomic E-state index is 0.0413. The monoisotopic (exact) mass is 444 g/mol. The first-order valence-corrected chi connectivity index (χ1v) is 11.7. The first-order valence-electron chi connectivity index (χ1n) is 11.7. The van der Waals surface area contributed by atoms with Crippen molar-refractivity contribution in [1.82, 2.24) is 0 Å². The molecule has 3 unspecified atom stereocenters. The van der Waals surface area contributed by atoms with Crippen LogP contribution >= 0.6 is 0 Å². The van der Waals surface area contributed by atoms with Crippen LogP contribution in [0.4, 0.5) is 11.4 Å². The summed E-state index contributed by atoms with van der Waals surface area (Å²) in [5.74, 6) is 1.40. The fourth-order valence-corrected chi connectivity index (χ4v) is 5.81. The highest BCUT2D eigenvalue weighted by molar-refractivity contribution is 5.81. The van der Waals surface area contributed by atoms with Crippen molar-refractivity contribution in [3.05, 3.63) is 121 Å². The van der Waals surface area contributed by atoms with Crippen LogP contribution in [0.25, 0.3) is 11.1 Å². The molecule has 3 aromatic rings. The maximum atomic E-state index is 6.93. The first kappa shape index (κ1) is 20.5. The molecule has 6 rings (SSSR count). The molecule has 3 aliphatic rings. The van der Waals surface area contributed by atoms with E-state index in [9.17, 15) is 0 Å². The van der Waals surface area contributed by atoms with E-state index >= 15 is 0 Å². The van der Waals surface area contributed by atoms with Gasteiger partial charge in [-0.1, -0.05) is 99.3 Å². The van der Waals surface area contributed by atoms with Gasteiger partial charge in [-0.3, -0.25) is 0 Å². The number of para-hydroxylation sites is 1. The van der Waals surface area contributed by atoms with Crippen LogP contribution in [-0.2, 0) is 5.41 Å². The molecule has 0 radical (unpaired) electrons. The first-order chi connectivity index (χ1) is 16.5. The number of benzene rings is 3. The molecule has 0 amide bonds. The van der Waals surface area contributed by atoms with E-state index in [4.69, 9.17) is 10.7 Å². The Morgan fingerprint density at radius 2 is 1.59 bits per heavy atom. The summed E-state index contributed by atoms with van der Waals surface area (Å²) in [5.41, 5.74) is 12.5. The average Bonchev–Trinajstić information content (AvgIpc) is 3.18. The van der Waals surface area contributed by atoms with Crippen LogP contribution in [0.5, 0.6) is 0 Å². The second-order valence-corrected chi connectivity index (χ2v) is 9.59. The van der Waals surface area contributed by atoms with Crippen LogP contribution in [0.15, 0.2) is 120 Å². The maximum absolute atomic E-state index is 6.93. The number of hydrogen-bond acceptors (Lipinski definition) is 4. The van der Waals surface area contributed by atoms with E-state index in [1.165, 1.54) is 16.7 Å². The SMILES string of the molecule is C=CC=NC1=C(N)N2c3cc(-c4ccccc4)ccc3C3(C)C=CC3(C)C2N1c1ccccc1. The Morgan fingerprint density at radius 1 is 0.882 bits per heavy atom. The zero-order valence-corrected chi connectivity index (χ0v) is 19.5. The lowest BCUT2D eigenvalue weighted by Crippen LogP contribution is -2.65. The standard InChI is InChI=1S/C30H28N4/c1-4-19-32-27-26(31)34-25-20-22(21-11-7-5-8-12-21)15-16-24(25)29(2)17-18-30(29,3)28(34)33(27)23-13-9-6-10-14-23/h4-20,28H,1,31H2,2-3H3. The summed E-state index contributed by atoms with van der Waals surface area (Å²) in [6.45, 7) is 8.50. The van der Waals surface area contributed by atoms with Gasteiger partial charge in [-0.2, -0.15) is 0 Å². The molecule has 0 saturated heterocycles. The van der Waals surface area contributed by atoms with Crippen LogP contribution in [-0.4, -0.2) is 12.4 Å². The third-order valence-corrected chi connectivity index (χ3v) is 7.88. The Hall–Kier alpha value is -4.05. The van der Waals surface area contributed by atoms with Crippen LogP contribution in [0.1, 0.15) is 19.4 Å². The molecule has 4 heteroatoms. The van der Waals surface area contributed by atoms with Crippen molar-refractivity contribution in [2.45, 2.75) is 25.4 Å². The minimum atomic E-state index is -0.166. The van der Waals surface area contributed by atoms with E-state index in [1.807, 2.05) is 12.1 Å². The van der Waals surface area contributed by atoms with Gasteiger partial charge in [0.15, 0.2) is 5.82 Å². The highest BCUT2D eigenvalue weighted by Gasteiger charge is 2.64. The van der Waals surface area contributed by atoms with E-state index in [-0.39, 0.29) is 17.0 Å². The third-order valence-electron chi connectivity index (χ3n) is 7.88. The van der Waals surface area contributed by atoms with Crippen LogP contribution in [0.3, 0.4) is 0 Å². The molecular formula is C30H28N4. The van der Waals surface area contributed by atoms with Gasteiger partial charge in [-0.15, -0.1) is 0 Å². The van der Waals surface area contributed by atoms with E-state index in [1.54, 1.807) is 12.3 Å². The quantitative estimate of drug-likeness (QED) is 0.385. The van der Waals surface area contributed by atoms with Crippen LogP contribution < -0.4 is 15.5 Å². The minimum Gasteiger partial charge on any atom is -0.382 e. The molecule has 34 heavy (non-hydrogen) atoms. The lowest BCUT2D eigenvalue weighted by molar-refractivity contribution is 0.170. The van der Waals surface area contributed by atoms with Gasteiger partial charge in [0.25, 0.3) is 0 Å². The van der Waals surface area contributed by atoms with Gasteiger partial charge in [-0.05, 0) is 34.9 Å². The Balaban J connectivity index is 1.62. The molecule has 0 aromatic heterocycles. The average molecular weight is 445 g/mol. The molecule has 3 atom stereocenters. The molecular weight excluding hydrogens is 416 g/mol. The summed E-state index contributed by atoms with van der Waals surface area (Å²) in [5, 5.41) is 0. The fourth-order valence-electron chi connectivity index (χ4n) is 5.81. The largest absolute Gasteiger partial charge is 0.382 e. The molecule has 0 saturated carbocycles. The van der Waals surface area contributed by atoms with Crippen molar-refractivity contribution >= 4 is 17.6 Å².